The number of hydrogen-bond donors (Lipinski definition) is 1. The van der Waals surface area contributed by atoms with Crippen LogP contribution in [0.2, 0.25) is 0 Å². The summed E-state index contributed by atoms with van der Waals surface area (Å²) in [4.78, 5) is 13.9. The van der Waals surface area contributed by atoms with Gasteiger partial charge in [0.25, 0.3) is 0 Å². The molecule has 2 rings (SSSR count). The highest BCUT2D eigenvalue weighted by Gasteiger charge is 2.34. The molecule has 1 N–H and O–H groups in total. The molecule has 1 aliphatic rings. The number of benzene rings is 1. The summed E-state index contributed by atoms with van der Waals surface area (Å²) in [7, 11) is 0. The highest BCUT2D eigenvalue weighted by Crippen LogP contribution is 2.28. The number of rotatable bonds is 6. The summed E-state index contributed by atoms with van der Waals surface area (Å²) in [6.45, 7) is 6.92. The minimum absolute atomic E-state index is 0.248. The van der Waals surface area contributed by atoms with Gasteiger partial charge in [-0.25, -0.2) is 13.6 Å². The van der Waals surface area contributed by atoms with Crippen molar-refractivity contribution in [2.75, 3.05) is 13.1 Å². The molecular weight excluding hydrogens is 302 g/mol. The molecule has 0 heterocycles. The zero-order valence-corrected chi connectivity index (χ0v) is 13.9. The molecule has 1 amide bonds. The van der Waals surface area contributed by atoms with Crippen LogP contribution in [-0.2, 0) is 11.3 Å². The highest BCUT2D eigenvalue weighted by atomic mass is 19.1. The van der Waals surface area contributed by atoms with Gasteiger partial charge in [0, 0.05) is 31.7 Å². The lowest BCUT2D eigenvalue weighted by Gasteiger charge is -2.27. The van der Waals surface area contributed by atoms with Crippen LogP contribution in [0.25, 0.3) is 0 Å². The molecule has 0 aliphatic heterocycles. The van der Waals surface area contributed by atoms with Crippen molar-refractivity contribution in [3.8, 4) is 0 Å². The lowest BCUT2D eigenvalue weighted by Crippen LogP contribution is -2.41. The van der Waals surface area contributed by atoms with Crippen LogP contribution in [-0.4, -0.2) is 35.7 Å². The number of amides is 1. The SMILES string of the molecule is CC(C)(C)OC(=O)N(CCNCc1cc(F)cc(F)c1)C1CC1. The fourth-order valence-corrected chi connectivity index (χ4v) is 2.27. The molecule has 0 aromatic heterocycles. The summed E-state index contributed by atoms with van der Waals surface area (Å²) >= 11 is 0. The van der Waals surface area contributed by atoms with Crippen molar-refractivity contribution in [2.24, 2.45) is 0 Å². The lowest BCUT2D eigenvalue weighted by molar-refractivity contribution is 0.0236. The summed E-state index contributed by atoms with van der Waals surface area (Å²) in [6, 6.07) is 3.68. The molecule has 1 fully saturated rings. The van der Waals surface area contributed by atoms with E-state index in [2.05, 4.69) is 5.32 Å². The van der Waals surface area contributed by atoms with Gasteiger partial charge in [-0.2, -0.15) is 0 Å². The second kappa shape index (κ2) is 7.25. The first kappa shape index (κ1) is 17.7. The topological polar surface area (TPSA) is 41.6 Å². The van der Waals surface area contributed by atoms with Gasteiger partial charge in [0.05, 0.1) is 0 Å². The van der Waals surface area contributed by atoms with E-state index in [1.807, 2.05) is 20.8 Å². The number of ether oxygens (including phenoxy) is 1. The molecule has 1 saturated carbocycles. The molecular formula is C17H24F2N2O2. The molecule has 0 radical (unpaired) electrons. The minimum atomic E-state index is -0.588. The minimum Gasteiger partial charge on any atom is -0.444 e. The van der Waals surface area contributed by atoms with Gasteiger partial charge in [-0.3, -0.25) is 0 Å². The Bertz CT molecular complexity index is 534. The maximum absolute atomic E-state index is 13.1. The monoisotopic (exact) mass is 326 g/mol. The standard InChI is InChI=1S/C17H24F2N2O2/c1-17(2,3)23-16(22)21(15-4-5-15)7-6-20-11-12-8-13(18)10-14(19)9-12/h8-10,15,20H,4-7,11H2,1-3H3. The molecule has 0 atom stereocenters. The van der Waals surface area contributed by atoms with E-state index in [-0.39, 0.29) is 12.1 Å². The molecule has 128 valence electrons. The van der Waals surface area contributed by atoms with E-state index >= 15 is 0 Å². The number of hydrogen-bond acceptors (Lipinski definition) is 3. The van der Waals surface area contributed by atoms with Crippen molar-refractivity contribution < 1.29 is 18.3 Å². The summed E-state index contributed by atoms with van der Waals surface area (Å²) in [6.07, 6.45) is 1.68. The van der Waals surface area contributed by atoms with Crippen LogP contribution in [0.3, 0.4) is 0 Å². The number of halogens is 2. The van der Waals surface area contributed by atoms with Crippen molar-refractivity contribution in [3.05, 3.63) is 35.4 Å². The average Bonchev–Trinajstić information content (AvgIpc) is 3.19. The van der Waals surface area contributed by atoms with Gasteiger partial charge < -0.3 is 15.0 Å². The predicted octanol–water partition coefficient (Wildman–Crippen LogP) is 3.45. The molecule has 4 nitrogen and oxygen atoms in total. The number of nitrogens with one attached hydrogen (secondary N) is 1. The largest absolute Gasteiger partial charge is 0.444 e. The zero-order valence-electron chi connectivity index (χ0n) is 13.9. The van der Waals surface area contributed by atoms with Crippen LogP contribution >= 0.6 is 0 Å². The van der Waals surface area contributed by atoms with E-state index in [1.165, 1.54) is 12.1 Å². The van der Waals surface area contributed by atoms with Crippen molar-refractivity contribution in [2.45, 2.75) is 51.8 Å². The van der Waals surface area contributed by atoms with Crippen LogP contribution in [0.15, 0.2) is 18.2 Å². The van der Waals surface area contributed by atoms with E-state index in [9.17, 15) is 13.6 Å². The van der Waals surface area contributed by atoms with Gasteiger partial charge in [-0.05, 0) is 51.3 Å². The molecule has 0 spiro atoms. The van der Waals surface area contributed by atoms with Crippen LogP contribution in [0.4, 0.5) is 13.6 Å². The van der Waals surface area contributed by atoms with Crippen molar-refractivity contribution in [3.63, 3.8) is 0 Å². The van der Waals surface area contributed by atoms with Crippen molar-refractivity contribution in [1.29, 1.82) is 0 Å². The maximum Gasteiger partial charge on any atom is 0.410 e. The smallest absolute Gasteiger partial charge is 0.410 e. The Morgan fingerprint density at radius 2 is 1.87 bits per heavy atom. The van der Waals surface area contributed by atoms with Gasteiger partial charge in [0.15, 0.2) is 0 Å². The number of carbonyl (C=O) groups is 1. The first-order valence-corrected chi connectivity index (χ1v) is 7.90. The quantitative estimate of drug-likeness (QED) is 0.814. The molecule has 0 saturated heterocycles. The molecule has 1 aromatic rings. The van der Waals surface area contributed by atoms with Crippen LogP contribution in [0.5, 0.6) is 0 Å². The summed E-state index contributed by atoms with van der Waals surface area (Å²) in [5.41, 5.74) is 0.0225. The van der Waals surface area contributed by atoms with E-state index in [0.717, 1.165) is 18.9 Å². The molecule has 0 bridgehead atoms. The summed E-state index contributed by atoms with van der Waals surface area (Å²) in [5.74, 6) is -1.18. The van der Waals surface area contributed by atoms with E-state index in [0.29, 0.717) is 25.2 Å². The third-order valence-electron chi connectivity index (χ3n) is 3.40. The number of carbonyl (C=O) groups excluding carboxylic acids is 1. The average molecular weight is 326 g/mol. The summed E-state index contributed by atoms with van der Waals surface area (Å²) in [5, 5.41) is 3.10. The van der Waals surface area contributed by atoms with Gasteiger partial charge in [0.1, 0.15) is 17.2 Å². The van der Waals surface area contributed by atoms with Gasteiger partial charge in [-0.1, -0.05) is 0 Å². The third kappa shape index (κ3) is 6.14. The molecule has 1 aromatic carbocycles. The Balaban J connectivity index is 1.79. The zero-order chi connectivity index (χ0) is 17.0. The molecule has 1 aliphatic carbocycles. The van der Waals surface area contributed by atoms with Gasteiger partial charge in [-0.15, -0.1) is 0 Å². The van der Waals surface area contributed by atoms with Gasteiger partial charge >= 0.3 is 6.09 Å². The summed E-state index contributed by atoms with van der Waals surface area (Å²) < 4.78 is 31.6. The number of nitrogens with zero attached hydrogens (tertiary/aromatic N) is 1. The van der Waals surface area contributed by atoms with Crippen molar-refractivity contribution in [1.82, 2.24) is 10.2 Å². The predicted molar refractivity (Wildman–Crippen MR) is 84.0 cm³/mol. The molecule has 6 heteroatoms. The fourth-order valence-electron chi connectivity index (χ4n) is 2.27. The Kier molecular flexibility index (Phi) is 5.57. The van der Waals surface area contributed by atoms with E-state index in [1.54, 1.807) is 4.90 Å². The van der Waals surface area contributed by atoms with Gasteiger partial charge in [0.2, 0.25) is 0 Å². The Hall–Kier alpha value is -1.69. The Labute approximate surface area is 135 Å². The van der Waals surface area contributed by atoms with E-state index < -0.39 is 17.2 Å². The maximum atomic E-state index is 13.1. The molecule has 23 heavy (non-hydrogen) atoms. The van der Waals surface area contributed by atoms with Crippen molar-refractivity contribution >= 4 is 6.09 Å². The van der Waals surface area contributed by atoms with E-state index in [4.69, 9.17) is 4.74 Å². The first-order chi connectivity index (χ1) is 10.7. The Morgan fingerprint density at radius 1 is 1.26 bits per heavy atom. The Morgan fingerprint density at radius 3 is 2.39 bits per heavy atom. The second-order valence-electron chi connectivity index (χ2n) is 6.86. The second-order valence-corrected chi connectivity index (χ2v) is 6.86. The van der Waals surface area contributed by atoms with Crippen LogP contribution < -0.4 is 5.32 Å². The third-order valence-corrected chi connectivity index (χ3v) is 3.40. The normalized spacial score (nSPS) is 14.7. The highest BCUT2D eigenvalue weighted by molar-refractivity contribution is 5.69. The van der Waals surface area contributed by atoms with Crippen LogP contribution in [0.1, 0.15) is 39.2 Å². The molecule has 0 unspecified atom stereocenters. The van der Waals surface area contributed by atoms with Crippen LogP contribution in [0, 0.1) is 11.6 Å². The fraction of sp³-hybridized carbons (Fsp3) is 0.588. The first-order valence-electron chi connectivity index (χ1n) is 7.90. The lowest BCUT2D eigenvalue weighted by atomic mass is 10.2.